The monoisotopic (exact) mass is 1330 g/mol. The van der Waals surface area contributed by atoms with Crippen molar-refractivity contribution >= 4 is 0 Å². The van der Waals surface area contributed by atoms with Gasteiger partial charge < -0.3 is 58.0 Å². The molecule has 0 amide bonds. The maximum Gasteiger partial charge on any atom is 0.137 e. The molecule has 0 aromatic rings. The van der Waals surface area contributed by atoms with Crippen LogP contribution in [0.2, 0.25) is 0 Å². The molecular weight excluding hydrogens is 1180 g/mol. The molecule has 0 aliphatic carbocycles. The number of nitrogens with zero attached hydrogens (tertiary/aromatic N) is 2. The van der Waals surface area contributed by atoms with E-state index in [1.165, 1.54) is 283 Å². The van der Waals surface area contributed by atoms with Crippen LogP contribution in [0.15, 0.2) is 0 Å². The fourth-order valence-corrected chi connectivity index (χ4v) is 12.2. The van der Waals surface area contributed by atoms with Gasteiger partial charge in [0.1, 0.15) is 38.5 Å². The molecule has 0 radical (unpaired) electrons. The van der Waals surface area contributed by atoms with E-state index in [1.807, 2.05) is 0 Å². The zero-order valence-electron chi connectivity index (χ0n) is 58.4. The third-order valence-electron chi connectivity index (χ3n) is 17.4. The van der Waals surface area contributed by atoms with Gasteiger partial charge in [-0.1, -0.05) is 310 Å². The molecule has 11 heteroatoms. The van der Waals surface area contributed by atoms with Gasteiger partial charge in [-0.05, 0) is 39.5 Å². The number of quaternary nitrogens is 2. The summed E-state index contributed by atoms with van der Waals surface area (Å²) in [5, 5.41) is 12.5. The molecule has 0 rings (SSSR count). The van der Waals surface area contributed by atoms with Crippen molar-refractivity contribution in [2.75, 3.05) is 80.9 Å². The molecule has 0 bridgehead atoms. The van der Waals surface area contributed by atoms with Gasteiger partial charge in [0.2, 0.25) is 0 Å². The second-order valence-electron chi connectivity index (χ2n) is 26.7. The number of aliphatic hydroxyl groups is 1. The van der Waals surface area contributed by atoms with E-state index in [4.69, 9.17) is 28.6 Å². The summed E-state index contributed by atoms with van der Waals surface area (Å²) in [6.07, 6.45) is 62.6. The number of halogens is 2. The Labute approximate surface area is 547 Å². The molecule has 0 heterocycles. The molecule has 510 valence electrons. The minimum Gasteiger partial charge on any atom is -1.00 e. The van der Waals surface area contributed by atoms with Crippen LogP contribution < -0.4 is 34.0 Å². The zero-order valence-corrected chi connectivity index (χ0v) is 61.6. The van der Waals surface area contributed by atoms with Crippen molar-refractivity contribution in [1.29, 1.82) is 0 Å². The zero-order chi connectivity index (χ0) is 60.1. The van der Waals surface area contributed by atoms with Crippen molar-refractivity contribution < 1.29 is 77.0 Å². The van der Waals surface area contributed by atoms with Gasteiger partial charge in [0.15, 0.2) is 0 Å². The predicted octanol–water partition coefficient (Wildman–Crippen LogP) is 15.5. The smallest absolute Gasteiger partial charge is 0.137 e. The van der Waals surface area contributed by atoms with Gasteiger partial charge in [-0.2, -0.15) is 9.29 Å². The quantitative estimate of drug-likeness (QED) is 0.0369. The first kappa shape index (κ1) is 88.8. The summed E-state index contributed by atoms with van der Waals surface area (Å²) in [5.41, 5.74) is 0. The first-order valence-corrected chi connectivity index (χ1v) is 37.1. The van der Waals surface area contributed by atoms with Gasteiger partial charge in [0.05, 0.1) is 46.5 Å². The highest BCUT2D eigenvalue weighted by atomic mass is 79.9. The third kappa shape index (κ3) is 61.5. The number of aliphatic hydroxyl groups excluding tert-OH is 1. The van der Waals surface area contributed by atoms with E-state index in [9.17, 15) is 5.11 Å². The Kier molecular flexibility index (Phi) is 71.9. The van der Waals surface area contributed by atoms with E-state index in [2.05, 4.69) is 69.7 Å². The van der Waals surface area contributed by atoms with Crippen LogP contribution in [0.4, 0.5) is 0 Å². The Morgan fingerprint density at radius 3 is 0.595 bits per heavy atom. The Bertz CT molecular complexity index is 1150. The van der Waals surface area contributed by atoms with Gasteiger partial charge >= 0.3 is 0 Å². The van der Waals surface area contributed by atoms with Crippen molar-refractivity contribution in [2.45, 2.75) is 393 Å². The highest BCUT2D eigenvalue weighted by Gasteiger charge is 2.37. The van der Waals surface area contributed by atoms with Crippen LogP contribution in [-0.4, -0.2) is 126 Å². The van der Waals surface area contributed by atoms with Crippen molar-refractivity contribution in [3.8, 4) is 0 Å². The SMILES string of the molecule is CCCCCCCCCCCCCCOC(CC(O)CC(OCCCCCCCCCCCCCC)C(C[N+](C)(C)OCC)OCCCCCCCCCCCCCC)C(C[N+](C)(C)OCC)OCCCCCCCCCCCCCC.[Br-].[Br-]. The van der Waals surface area contributed by atoms with Crippen molar-refractivity contribution in [1.82, 2.24) is 0 Å². The van der Waals surface area contributed by atoms with Crippen molar-refractivity contribution in [2.24, 2.45) is 0 Å². The molecular formula is C73H152Br2N2O7. The molecule has 4 atom stereocenters. The highest BCUT2D eigenvalue weighted by Crippen LogP contribution is 2.25. The first-order chi connectivity index (χ1) is 40.0. The fraction of sp³-hybridized carbons (Fsp3) is 1.00. The van der Waals surface area contributed by atoms with E-state index < -0.39 is 6.10 Å². The highest BCUT2D eigenvalue weighted by molar-refractivity contribution is 4.81. The Morgan fingerprint density at radius 2 is 0.417 bits per heavy atom. The van der Waals surface area contributed by atoms with Gasteiger partial charge in [-0.25, -0.2) is 9.68 Å². The van der Waals surface area contributed by atoms with E-state index in [1.54, 1.807) is 0 Å². The van der Waals surface area contributed by atoms with Crippen molar-refractivity contribution in [3.63, 3.8) is 0 Å². The molecule has 9 nitrogen and oxygen atoms in total. The van der Waals surface area contributed by atoms with Crippen LogP contribution >= 0.6 is 0 Å². The van der Waals surface area contributed by atoms with Crippen LogP contribution in [-0.2, 0) is 28.6 Å². The molecule has 0 aliphatic heterocycles. The standard InChI is InChI=1S/C73H152N2O7.2BrH/c1-11-17-21-25-29-33-37-41-45-49-53-57-61-77-70(72(67-74(7,8)81-15-5)79-63-59-55-51-47-43-39-35-31-27-23-19-13-3)65-69(76)66-71(78-62-58-54-50-46-42-38-34-30-26-22-18-12-2)73(68-75(9,10)82-16-6)80-64-60-56-52-48-44-40-36-32-28-24-20-14-4;;/h69-73,76H,11-68H2,1-10H3;2*1H/q+2;;/p-2. The second kappa shape index (κ2) is 68.0. The molecule has 0 fully saturated rings. The largest absolute Gasteiger partial charge is 1.00 e. The normalized spacial score (nSPS) is 13.9. The van der Waals surface area contributed by atoms with E-state index in [0.717, 1.165) is 25.7 Å². The first-order valence-electron chi connectivity index (χ1n) is 37.1. The van der Waals surface area contributed by atoms with Crippen LogP contribution in [0.3, 0.4) is 0 Å². The lowest BCUT2D eigenvalue weighted by Gasteiger charge is -2.36. The lowest BCUT2D eigenvalue weighted by Crippen LogP contribution is -3.00. The predicted molar refractivity (Wildman–Crippen MR) is 356 cm³/mol. The summed E-state index contributed by atoms with van der Waals surface area (Å²) in [6.45, 7) is 18.7. The Hall–Kier alpha value is 0.600. The second-order valence-corrected chi connectivity index (χ2v) is 26.7. The molecule has 0 aromatic carbocycles. The minimum absolute atomic E-state index is 0. The molecule has 1 N–H and O–H groups in total. The number of unbranched alkanes of at least 4 members (excludes halogenated alkanes) is 44. The average molecular weight is 1330 g/mol. The minimum atomic E-state index is -0.653. The van der Waals surface area contributed by atoms with E-state index >= 15 is 0 Å². The number of ether oxygens (including phenoxy) is 4. The molecule has 0 spiro atoms. The maximum absolute atomic E-state index is 12.5. The lowest BCUT2D eigenvalue weighted by molar-refractivity contribution is -1.08. The van der Waals surface area contributed by atoms with Crippen molar-refractivity contribution in [3.05, 3.63) is 0 Å². The average Bonchev–Trinajstić information content (AvgIpc) is 3.44. The van der Waals surface area contributed by atoms with Crippen LogP contribution in [0, 0.1) is 0 Å². The summed E-state index contributed by atoms with van der Waals surface area (Å²) < 4.78 is 28.7. The summed E-state index contributed by atoms with van der Waals surface area (Å²) in [4.78, 5) is 12.6. The van der Waals surface area contributed by atoms with E-state index in [-0.39, 0.29) is 58.4 Å². The van der Waals surface area contributed by atoms with Gasteiger partial charge in [-0.3, -0.25) is 0 Å². The Morgan fingerprint density at radius 1 is 0.250 bits per heavy atom. The number of hydroxylamine groups is 6. The van der Waals surface area contributed by atoms with Gasteiger partial charge in [-0.15, -0.1) is 0 Å². The number of hydrogen-bond acceptors (Lipinski definition) is 7. The summed E-state index contributed by atoms with van der Waals surface area (Å²) in [6, 6.07) is 0. The Balaban J connectivity index is -0.0000328. The summed E-state index contributed by atoms with van der Waals surface area (Å²) in [7, 11) is 8.55. The van der Waals surface area contributed by atoms with Crippen LogP contribution in [0.1, 0.15) is 363 Å². The summed E-state index contributed by atoms with van der Waals surface area (Å²) >= 11 is 0. The number of rotatable bonds is 70. The van der Waals surface area contributed by atoms with Crippen LogP contribution in [0.25, 0.3) is 0 Å². The lowest BCUT2D eigenvalue weighted by atomic mass is 9.98. The summed E-state index contributed by atoms with van der Waals surface area (Å²) in [5.74, 6) is 0. The van der Waals surface area contributed by atoms with Gasteiger partial charge in [0, 0.05) is 39.3 Å². The third-order valence-corrected chi connectivity index (χ3v) is 17.4. The molecule has 4 unspecified atom stereocenters. The topological polar surface area (TPSA) is 75.6 Å². The van der Waals surface area contributed by atoms with E-state index in [0.29, 0.717) is 74.9 Å². The molecule has 0 aliphatic rings. The molecule has 0 saturated carbocycles. The molecule has 0 aromatic heterocycles. The maximum atomic E-state index is 12.5. The van der Waals surface area contributed by atoms with Crippen LogP contribution in [0.5, 0.6) is 0 Å². The van der Waals surface area contributed by atoms with Gasteiger partial charge in [0.25, 0.3) is 0 Å². The molecule has 0 saturated heterocycles. The fourth-order valence-electron chi connectivity index (χ4n) is 12.2. The number of likely N-dealkylation sites (N-methyl/N-ethyl adjacent to an activating group) is 2. The number of hydrogen-bond donors (Lipinski definition) is 1. The molecule has 84 heavy (non-hydrogen) atoms.